The molecule has 0 radical (unpaired) electrons. The molecule has 1 atom stereocenters. The predicted molar refractivity (Wildman–Crippen MR) is 107 cm³/mol. The summed E-state index contributed by atoms with van der Waals surface area (Å²) < 4.78 is 36.5. The van der Waals surface area contributed by atoms with Gasteiger partial charge in [0.2, 0.25) is 0 Å². The molecule has 0 spiro atoms. The minimum Gasteiger partial charge on any atom is -0.375 e. The van der Waals surface area contributed by atoms with Crippen molar-refractivity contribution in [2.75, 3.05) is 13.2 Å². The Morgan fingerprint density at radius 2 is 2.17 bits per heavy atom. The van der Waals surface area contributed by atoms with Crippen molar-refractivity contribution in [2.45, 2.75) is 31.7 Å². The number of hydrogen-bond acceptors (Lipinski definition) is 6. The number of halogens is 3. The number of hydrogen-bond donors (Lipinski definition) is 0. The number of aryl methyl sites for hydroxylation is 1. The first kappa shape index (κ1) is 18.8. The Labute approximate surface area is 173 Å². The van der Waals surface area contributed by atoms with Crippen LogP contribution in [0.25, 0.3) is 21.9 Å². The molecule has 1 unspecified atom stereocenters. The van der Waals surface area contributed by atoms with Crippen LogP contribution in [0.2, 0.25) is 5.02 Å². The minimum absolute atomic E-state index is 0.186. The molecule has 1 saturated heterocycles. The lowest BCUT2D eigenvalue weighted by Crippen LogP contribution is -2.41. The van der Waals surface area contributed by atoms with Crippen LogP contribution in [0.1, 0.15) is 28.3 Å². The summed E-state index contributed by atoms with van der Waals surface area (Å²) in [5, 5.41) is 10.9. The van der Waals surface area contributed by atoms with Crippen molar-refractivity contribution in [1.82, 2.24) is 24.7 Å². The molecule has 6 nitrogen and oxygen atoms in total. The Balaban J connectivity index is 1.79. The van der Waals surface area contributed by atoms with Crippen LogP contribution in [0, 0.1) is 6.92 Å². The largest absolute Gasteiger partial charge is 0.375 e. The highest BCUT2D eigenvalue weighted by Crippen LogP contribution is 2.40. The molecule has 4 heterocycles. The molecule has 1 aliphatic rings. The molecular formula is C19H16ClF2N5OS. The molecule has 1 fully saturated rings. The van der Waals surface area contributed by atoms with Crippen molar-refractivity contribution in [3.8, 4) is 0 Å². The van der Waals surface area contributed by atoms with Gasteiger partial charge in [0, 0.05) is 17.0 Å². The van der Waals surface area contributed by atoms with Gasteiger partial charge in [-0.1, -0.05) is 11.6 Å². The normalized spacial score (nSPS) is 19.2. The van der Waals surface area contributed by atoms with Crippen LogP contribution in [0.4, 0.5) is 8.78 Å². The van der Waals surface area contributed by atoms with Gasteiger partial charge in [-0.3, -0.25) is 4.98 Å². The molecule has 0 aliphatic carbocycles. The monoisotopic (exact) mass is 435 g/mol. The topological polar surface area (TPSA) is 65.7 Å². The van der Waals surface area contributed by atoms with E-state index in [4.69, 9.17) is 16.3 Å². The Morgan fingerprint density at radius 1 is 1.31 bits per heavy atom. The summed E-state index contributed by atoms with van der Waals surface area (Å²) in [6, 6.07) is 4.19. The number of pyridine rings is 1. The Kier molecular flexibility index (Phi) is 4.49. The molecule has 10 heteroatoms. The summed E-state index contributed by atoms with van der Waals surface area (Å²) in [5.74, 6) is -2.51. The summed E-state index contributed by atoms with van der Waals surface area (Å²) in [4.78, 5) is 9.09. The Morgan fingerprint density at radius 3 is 2.93 bits per heavy atom. The van der Waals surface area contributed by atoms with Gasteiger partial charge in [0.05, 0.1) is 23.7 Å². The van der Waals surface area contributed by atoms with E-state index >= 15 is 0 Å². The molecule has 3 aromatic heterocycles. The summed E-state index contributed by atoms with van der Waals surface area (Å²) in [6.45, 7) is 1.51. The van der Waals surface area contributed by atoms with Crippen LogP contribution in [0.5, 0.6) is 0 Å². The highest BCUT2D eigenvalue weighted by Gasteiger charge is 2.45. The quantitative estimate of drug-likeness (QED) is 0.471. The number of benzene rings is 1. The number of ether oxygens (including phenoxy) is 1. The molecule has 1 aliphatic heterocycles. The second-order valence-electron chi connectivity index (χ2n) is 7.06. The van der Waals surface area contributed by atoms with E-state index in [1.54, 1.807) is 29.0 Å². The van der Waals surface area contributed by atoms with Gasteiger partial charge in [0.1, 0.15) is 34.0 Å². The van der Waals surface area contributed by atoms with Gasteiger partial charge in [0.25, 0.3) is 5.92 Å². The minimum atomic E-state index is -3.02. The maximum atomic E-state index is 14.9. The first-order valence-electron chi connectivity index (χ1n) is 9.12. The molecule has 150 valence electrons. The van der Waals surface area contributed by atoms with Gasteiger partial charge in [-0.05, 0) is 31.5 Å². The summed E-state index contributed by atoms with van der Waals surface area (Å²) in [5.41, 5.74) is 1.84. The standard InChI is InChI=1S/C19H16ClF2N5OS/c1-10-25-26-17(29-10)7-16-24-14-8-23-13-3-2-11(20)6-12(13)18(14)27(16)15-4-5-28-9-19(15,21)22/h2-3,6,8,15H,4-5,7,9H2,1H3. The van der Waals surface area contributed by atoms with Crippen molar-refractivity contribution in [3.63, 3.8) is 0 Å². The summed E-state index contributed by atoms with van der Waals surface area (Å²) in [7, 11) is 0. The molecule has 29 heavy (non-hydrogen) atoms. The van der Waals surface area contributed by atoms with E-state index in [2.05, 4.69) is 20.2 Å². The zero-order valence-electron chi connectivity index (χ0n) is 15.4. The van der Waals surface area contributed by atoms with E-state index < -0.39 is 18.6 Å². The average Bonchev–Trinajstić information content (AvgIpc) is 3.25. The fourth-order valence-electron chi connectivity index (χ4n) is 3.83. The van der Waals surface area contributed by atoms with Crippen LogP contribution in [0.15, 0.2) is 24.4 Å². The van der Waals surface area contributed by atoms with Crippen LogP contribution in [-0.2, 0) is 11.2 Å². The third-order valence-electron chi connectivity index (χ3n) is 5.06. The van der Waals surface area contributed by atoms with Crippen molar-refractivity contribution >= 4 is 44.9 Å². The Bertz CT molecular complexity index is 1220. The predicted octanol–water partition coefficient (Wildman–Crippen LogP) is 4.59. The molecule has 0 N–H and O–H groups in total. The highest BCUT2D eigenvalue weighted by molar-refractivity contribution is 7.11. The van der Waals surface area contributed by atoms with E-state index in [0.29, 0.717) is 39.2 Å². The number of alkyl halides is 2. The maximum absolute atomic E-state index is 14.9. The fourth-order valence-corrected chi connectivity index (χ4v) is 4.71. The maximum Gasteiger partial charge on any atom is 0.291 e. The van der Waals surface area contributed by atoms with E-state index in [9.17, 15) is 8.78 Å². The van der Waals surface area contributed by atoms with Gasteiger partial charge >= 0.3 is 0 Å². The van der Waals surface area contributed by atoms with Crippen LogP contribution < -0.4 is 0 Å². The van der Waals surface area contributed by atoms with Gasteiger partial charge < -0.3 is 9.30 Å². The van der Waals surface area contributed by atoms with E-state index in [-0.39, 0.29) is 13.0 Å². The van der Waals surface area contributed by atoms with Crippen LogP contribution in [-0.4, -0.2) is 43.9 Å². The molecular weight excluding hydrogens is 420 g/mol. The lowest BCUT2D eigenvalue weighted by molar-refractivity contribution is -0.147. The lowest BCUT2D eigenvalue weighted by atomic mass is 10.0. The average molecular weight is 436 g/mol. The second kappa shape index (κ2) is 6.93. The zero-order valence-corrected chi connectivity index (χ0v) is 17.0. The SMILES string of the molecule is Cc1nnc(Cc2nc3cnc4ccc(Cl)cc4c3n2C2CCOCC2(F)F)s1. The van der Waals surface area contributed by atoms with Crippen LogP contribution in [0.3, 0.4) is 0 Å². The third kappa shape index (κ3) is 3.27. The fraction of sp³-hybridized carbons (Fsp3) is 0.368. The third-order valence-corrected chi connectivity index (χ3v) is 6.13. The highest BCUT2D eigenvalue weighted by atomic mass is 35.5. The van der Waals surface area contributed by atoms with E-state index in [0.717, 1.165) is 10.0 Å². The van der Waals surface area contributed by atoms with Crippen LogP contribution >= 0.6 is 22.9 Å². The van der Waals surface area contributed by atoms with E-state index in [1.165, 1.54) is 11.3 Å². The number of aromatic nitrogens is 5. The van der Waals surface area contributed by atoms with E-state index in [1.807, 2.05) is 6.92 Å². The van der Waals surface area contributed by atoms with Gasteiger partial charge in [-0.2, -0.15) is 0 Å². The zero-order chi connectivity index (χ0) is 20.2. The molecule has 1 aromatic carbocycles. The number of fused-ring (bicyclic) bond motifs is 3. The first-order valence-corrected chi connectivity index (χ1v) is 10.3. The van der Waals surface area contributed by atoms with Gasteiger partial charge in [-0.25, -0.2) is 13.8 Å². The first-order chi connectivity index (χ1) is 13.9. The molecule has 0 saturated carbocycles. The number of imidazole rings is 1. The van der Waals surface area contributed by atoms with Crippen molar-refractivity contribution in [2.24, 2.45) is 0 Å². The summed E-state index contributed by atoms with van der Waals surface area (Å²) in [6.07, 6.45) is 2.12. The smallest absolute Gasteiger partial charge is 0.291 e. The number of nitrogens with zero attached hydrogens (tertiary/aromatic N) is 5. The van der Waals surface area contributed by atoms with Crippen molar-refractivity contribution in [3.05, 3.63) is 45.3 Å². The molecule has 5 rings (SSSR count). The van der Waals surface area contributed by atoms with Crippen molar-refractivity contribution in [1.29, 1.82) is 0 Å². The lowest BCUT2D eigenvalue weighted by Gasteiger charge is -2.33. The van der Waals surface area contributed by atoms with Gasteiger partial charge in [0.15, 0.2) is 0 Å². The molecule has 0 amide bonds. The number of rotatable bonds is 3. The second-order valence-corrected chi connectivity index (χ2v) is 8.76. The summed E-state index contributed by atoms with van der Waals surface area (Å²) >= 11 is 7.64. The van der Waals surface area contributed by atoms with Gasteiger partial charge in [-0.15, -0.1) is 21.5 Å². The van der Waals surface area contributed by atoms with Crippen molar-refractivity contribution < 1.29 is 13.5 Å². The Hall–Kier alpha value is -2.23. The molecule has 4 aromatic rings. The molecule has 0 bridgehead atoms.